The van der Waals surface area contributed by atoms with Crippen molar-refractivity contribution in [3.05, 3.63) is 47.3 Å². The van der Waals surface area contributed by atoms with Crippen LogP contribution in [0, 0.1) is 5.41 Å². The van der Waals surface area contributed by atoms with E-state index in [4.69, 9.17) is 9.47 Å². The lowest BCUT2D eigenvalue weighted by atomic mass is 9.85. The Morgan fingerprint density at radius 2 is 2.05 bits per heavy atom. The summed E-state index contributed by atoms with van der Waals surface area (Å²) in [6, 6.07) is 6.58. The van der Waals surface area contributed by atoms with Gasteiger partial charge in [-0.1, -0.05) is 50.3 Å². The molecule has 5 rings (SSSR count). The Labute approximate surface area is 223 Å². The van der Waals surface area contributed by atoms with Crippen molar-refractivity contribution in [2.45, 2.75) is 76.2 Å². The smallest absolute Gasteiger partial charge is 0.248 e. The minimum absolute atomic E-state index is 0.0935. The topological polar surface area (TPSA) is 119 Å². The lowest BCUT2D eigenvalue weighted by Gasteiger charge is -2.39. The second kappa shape index (κ2) is 10.4. The number of hydrogen-bond acceptors (Lipinski definition) is 7. The van der Waals surface area contributed by atoms with E-state index in [0.717, 1.165) is 30.5 Å². The molecule has 10 nitrogen and oxygen atoms in total. The molecule has 2 N–H and O–H groups in total. The summed E-state index contributed by atoms with van der Waals surface area (Å²) in [6.07, 6.45) is 4.23. The van der Waals surface area contributed by atoms with E-state index < -0.39 is 29.2 Å². The third kappa shape index (κ3) is 5.21. The predicted octanol–water partition coefficient (Wildman–Crippen LogP) is 1.94. The van der Waals surface area contributed by atoms with E-state index in [-0.39, 0.29) is 37.9 Å². The van der Waals surface area contributed by atoms with Gasteiger partial charge in [-0.2, -0.15) is 0 Å². The molecular formula is C28H39N5O5. The number of carbonyl (C=O) groups excluding carboxylic acids is 2. The number of rotatable bonds is 8. The number of likely N-dealkylation sites (tertiary alicyclic amines) is 1. The van der Waals surface area contributed by atoms with E-state index in [9.17, 15) is 14.7 Å². The number of nitrogens with zero attached hydrogens (tertiary/aromatic N) is 4. The van der Waals surface area contributed by atoms with Gasteiger partial charge in [0.05, 0.1) is 31.6 Å². The van der Waals surface area contributed by atoms with Crippen LogP contribution in [0.25, 0.3) is 0 Å². The molecule has 0 spiro atoms. The van der Waals surface area contributed by atoms with Crippen LogP contribution in [0.2, 0.25) is 0 Å². The molecule has 2 aromatic rings. The Hall–Kier alpha value is -2.82. The van der Waals surface area contributed by atoms with Crippen LogP contribution in [0.5, 0.6) is 0 Å². The van der Waals surface area contributed by atoms with Crippen LogP contribution < -0.4 is 5.32 Å². The largest absolute Gasteiger partial charge is 0.391 e. The Kier molecular flexibility index (Phi) is 7.32. The number of methoxy groups -OCH3 is 1. The van der Waals surface area contributed by atoms with Gasteiger partial charge in [-0.25, -0.2) is 4.68 Å². The molecule has 1 saturated carbocycles. The van der Waals surface area contributed by atoms with Gasteiger partial charge in [0.1, 0.15) is 17.7 Å². The minimum atomic E-state index is -0.820. The average molecular weight is 526 g/mol. The summed E-state index contributed by atoms with van der Waals surface area (Å²) in [6.45, 7) is 7.02. The molecule has 2 aliphatic heterocycles. The number of fused-ring (bicyclic) bond motifs is 1. The van der Waals surface area contributed by atoms with Crippen LogP contribution >= 0.6 is 0 Å². The lowest BCUT2D eigenvalue weighted by molar-refractivity contribution is -0.145. The van der Waals surface area contributed by atoms with E-state index in [1.165, 1.54) is 10.5 Å². The quantitative estimate of drug-likeness (QED) is 0.541. The van der Waals surface area contributed by atoms with E-state index in [1.54, 1.807) is 11.8 Å². The number of aliphatic hydroxyl groups is 1. The van der Waals surface area contributed by atoms with Gasteiger partial charge in [-0.3, -0.25) is 9.59 Å². The molecule has 4 atom stereocenters. The standard InChI is InChI=1S/C28H39N5O5/c1-27(2,3)24(33-15-22(30-31-33)19-9-10-19)26(36)32-14-20(34)13-23(32)25(35)29-16-28(17-37-4)21-8-6-5-7-18(21)11-12-38-28/h5-8,15,19-20,23-24,34H,9-14,16-17H2,1-4H3,(H,29,35)/t20-,23+,24-,28?/m0/s1. The first kappa shape index (κ1) is 26.8. The highest BCUT2D eigenvalue weighted by molar-refractivity contribution is 5.90. The highest BCUT2D eigenvalue weighted by Gasteiger charge is 2.46. The third-order valence-corrected chi connectivity index (χ3v) is 7.89. The number of benzene rings is 1. The highest BCUT2D eigenvalue weighted by atomic mass is 16.5. The summed E-state index contributed by atoms with van der Waals surface area (Å²) >= 11 is 0. The van der Waals surface area contributed by atoms with Gasteiger partial charge in [0.15, 0.2) is 0 Å². The number of aliphatic hydroxyl groups excluding tert-OH is 1. The second-order valence-corrected chi connectivity index (χ2v) is 12.0. The zero-order chi connectivity index (χ0) is 27.1. The van der Waals surface area contributed by atoms with Crippen LogP contribution in [0.3, 0.4) is 0 Å². The first-order chi connectivity index (χ1) is 18.1. The van der Waals surface area contributed by atoms with Crippen LogP contribution in [-0.2, 0) is 31.1 Å². The maximum atomic E-state index is 14.0. The van der Waals surface area contributed by atoms with Gasteiger partial charge in [-0.15, -0.1) is 5.10 Å². The van der Waals surface area contributed by atoms with Crippen molar-refractivity contribution in [1.82, 2.24) is 25.2 Å². The Morgan fingerprint density at radius 1 is 1.29 bits per heavy atom. The molecule has 10 heteroatoms. The van der Waals surface area contributed by atoms with Crippen molar-refractivity contribution in [1.29, 1.82) is 0 Å². The number of aromatic nitrogens is 3. The molecule has 206 valence electrons. The molecule has 3 heterocycles. The molecule has 1 aromatic heterocycles. The molecular weight excluding hydrogens is 486 g/mol. The maximum absolute atomic E-state index is 14.0. The Bertz CT molecular complexity index is 1170. The summed E-state index contributed by atoms with van der Waals surface area (Å²) < 4.78 is 13.4. The fraction of sp³-hybridized carbons (Fsp3) is 0.643. The van der Waals surface area contributed by atoms with Crippen LogP contribution in [0.4, 0.5) is 0 Å². The Morgan fingerprint density at radius 3 is 2.76 bits per heavy atom. The first-order valence-corrected chi connectivity index (χ1v) is 13.5. The summed E-state index contributed by atoms with van der Waals surface area (Å²) in [5.41, 5.74) is 1.77. The molecule has 0 bridgehead atoms. The highest BCUT2D eigenvalue weighted by Crippen LogP contribution is 2.40. The molecule has 2 amide bonds. The van der Waals surface area contributed by atoms with E-state index in [2.05, 4.69) is 21.7 Å². The number of carbonyl (C=O) groups is 2. The molecule has 2 fully saturated rings. The monoisotopic (exact) mass is 525 g/mol. The number of ether oxygens (including phenoxy) is 2. The summed E-state index contributed by atoms with van der Waals surface area (Å²) in [4.78, 5) is 29.1. The molecule has 38 heavy (non-hydrogen) atoms. The molecule has 1 unspecified atom stereocenters. The van der Waals surface area contributed by atoms with E-state index in [0.29, 0.717) is 12.5 Å². The average Bonchev–Trinajstić information content (AvgIpc) is 3.49. The van der Waals surface area contributed by atoms with Crippen LogP contribution in [0.1, 0.15) is 68.8 Å². The van der Waals surface area contributed by atoms with Gasteiger partial charge in [0.25, 0.3) is 0 Å². The molecule has 3 aliphatic rings. The summed E-state index contributed by atoms with van der Waals surface area (Å²) in [7, 11) is 1.61. The van der Waals surface area contributed by atoms with Crippen LogP contribution in [0.15, 0.2) is 30.5 Å². The normalized spacial score (nSPS) is 26.2. The fourth-order valence-corrected chi connectivity index (χ4v) is 5.84. The SMILES string of the molecule is COCC1(CNC(=O)[C@H]2C[C@H](O)CN2C(=O)[C@H](n2cc(C3CC3)nn2)C(C)(C)C)OCCc2ccccc21. The molecule has 1 saturated heterocycles. The summed E-state index contributed by atoms with van der Waals surface area (Å²) in [5, 5.41) is 22.2. The van der Waals surface area contributed by atoms with Crippen molar-refractivity contribution in [2.24, 2.45) is 5.41 Å². The zero-order valence-electron chi connectivity index (χ0n) is 22.7. The maximum Gasteiger partial charge on any atom is 0.248 e. The Balaban J connectivity index is 1.35. The molecule has 1 aromatic carbocycles. The van der Waals surface area contributed by atoms with Gasteiger partial charge < -0.3 is 24.8 Å². The van der Waals surface area contributed by atoms with Gasteiger partial charge in [0, 0.05) is 32.2 Å². The van der Waals surface area contributed by atoms with Crippen molar-refractivity contribution < 1.29 is 24.2 Å². The lowest BCUT2D eigenvalue weighted by Crippen LogP contribution is -2.54. The van der Waals surface area contributed by atoms with Gasteiger partial charge in [-0.05, 0) is 35.8 Å². The van der Waals surface area contributed by atoms with E-state index >= 15 is 0 Å². The molecule has 1 aliphatic carbocycles. The predicted molar refractivity (Wildman–Crippen MR) is 139 cm³/mol. The van der Waals surface area contributed by atoms with Gasteiger partial charge in [0.2, 0.25) is 11.8 Å². The van der Waals surface area contributed by atoms with Crippen molar-refractivity contribution in [2.75, 3.05) is 33.4 Å². The zero-order valence-corrected chi connectivity index (χ0v) is 22.7. The number of hydrogen-bond donors (Lipinski definition) is 2. The first-order valence-electron chi connectivity index (χ1n) is 13.5. The third-order valence-electron chi connectivity index (χ3n) is 7.89. The number of β-amino-alcohol motifs (C(OH)–C–C–N with tert-alkyl or cyclic N) is 1. The number of nitrogens with one attached hydrogen (secondary N) is 1. The van der Waals surface area contributed by atoms with Gasteiger partial charge >= 0.3 is 0 Å². The fourth-order valence-electron chi connectivity index (χ4n) is 5.84. The van der Waals surface area contributed by atoms with E-state index in [1.807, 2.05) is 45.2 Å². The van der Waals surface area contributed by atoms with Crippen LogP contribution in [-0.4, -0.2) is 82.4 Å². The number of amides is 2. The second-order valence-electron chi connectivity index (χ2n) is 12.0. The van der Waals surface area contributed by atoms with Crippen molar-refractivity contribution in [3.8, 4) is 0 Å². The van der Waals surface area contributed by atoms with Crippen molar-refractivity contribution in [3.63, 3.8) is 0 Å². The minimum Gasteiger partial charge on any atom is -0.391 e. The molecule has 0 radical (unpaired) electrons. The summed E-state index contributed by atoms with van der Waals surface area (Å²) in [5.74, 6) is -0.146. The van der Waals surface area contributed by atoms with Crippen molar-refractivity contribution >= 4 is 11.8 Å².